The molecule has 0 amide bonds. The molecule has 2 aromatic heterocycles. The summed E-state index contributed by atoms with van der Waals surface area (Å²) in [5.74, 6) is 2.34. The summed E-state index contributed by atoms with van der Waals surface area (Å²) in [6.45, 7) is 3.58. The second-order valence-electron chi connectivity index (χ2n) is 4.40. The second-order valence-corrected chi connectivity index (χ2v) is 4.40. The third-order valence-corrected chi connectivity index (χ3v) is 2.79. The van der Waals surface area contributed by atoms with Crippen molar-refractivity contribution in [3.05, 3.63) is 33.9 Å². The van der Waals surface area contributed by atoms with E-state index in [2.05, 4.69) is 20.1 Å². The zero-order valence-corrected chi connectivity index (χ0v) is 9.77. The van der Waals surface area contributed by atoms with E-state index in [1.807, 2.05) is 13.0 Å². The first-order chi connectivity index (χ1) is 8.13. The Hall–Kier alpha value is -1.98. The Balaban J connectivity index is 2.13. The second kappa shape index (κ2) is 3.51. The summed E-state index contributed by atoms with van der Waals surface area (Å²) in [5, 5.41) is 4.10. The number of aromatic nitrogens is 5. The van der Waals surface area contributed by atoms with E-state index in [-0.39, 0.29) is 5.69 Å². The molecule has 1 aliphatic rings. The van der Waals surface area contributed by atoms with E-state index in [1.165, 1.54) is 17.5 Å². The Labute approximate surface area is 97.7 Å². The lowest BCUT2D eigenvalue weighted by molar-refractivity contribution is 0.780. The van der Waals surface area contributed by atoms with Crippen molar-refractivity contribution in [1.29, 1.82) is 0 Å². The first-order valence-electron chi connectivity index (χ1n) is 5.65. The van der Waals surface area contributed by atoms with Crippen molar-refractivity contribution in [3.8, 4) is 5.82 Å². The van der Waals surface area contributed by atoms with E-state index in [0.29, 0.717) is 23.4 Å². The van der Waals surface area contributed by atoms with E-state index in [9.17, 15) is 4.79 Å². The fourth-order valence-corrected chi connectivity index (χ4v) is 1.85. The lowest BCUT2D eigenvalue weighted by atomic mass is 10.3. The number of nitrogens with one attached hydrogen (secondary N) is 1. The molecule has 0 saturated heterocycles. The first kappa shape index (κ1) is 10.2. The van der Waals surface area contributed by atoms with Crippen LogP contribution >= 0.6 is 0 Å². The van der Waals surface area contributed by atoms with Gasteiger partial charge in [0.2, 0.25) is 0 Å². The van der Waals surface area contributed by atoms with Crippen molar-refractivity contribution in [2.75, 3.05) is 0 Å². The molecule has 0 bridgehead atoms. The van der Waals surface area contributed by atoms with Gasteiger partial charge in [-0.2, -0.15) is 4.68 Å². The molecule has 3 rings (SSSR count). The average molecular weight is 231 g/mol. The van der Waals surface area contributed by atoms with Gasteiger partial charge in [-0.25, -0.2) is 14.8 Å². The highest BCUT2D eigenvalue weighted by Gasteiger charge is 2.26. The average Bonchev–Trinajstić information content (AvgIpc) is 3.04. The topological polar surface area (TPSA) is 76.5 Å². The molecular formula is C11H13N5O. The number of aromatic amines is 1. The molecule has 0 aromatic carbocycles. The molecule has 2 heterocycles. The molecule has 6 heteroatoms. The molecule has 2 aromatic rings. The molecule has 0 aliphatic heterocycles. The van der Waals surface area contributed by atoms with Gasteiger partial charge in [0.25, 0.3) is 0 Å². The fraction of sp³-hybridized carbons (Fsp3) is 0.455. The third-order valence-electron chi connectivity index (χ3n) is 2.79. The number of H-pyrrole nitrogens is 1. The fourth-order valence-electron chi connectivity index (χ4n) is 1.85. The summed E-state index contributed by atoms with van der Waals surface area (Å²) in [7, 11) is 0. The van der Waals surface area contributed by atoms with Crippen molar-refractivity contribution in [2.45, 2.75) is 32.6 Å². The van der Waals surface area contributed by atoms with Crippen LogP contribution in [0.25, 0.3) is 5.82 Å². The molecule has 17 heavy (non-hydrogen) atoms. The minimum Gasteiger partial charge on any atom is -0.293 e. The van der Waals surface area contributed by atoms with Gasteiger partial charge in [-0.3, -0.25) is 4.98 Å². The van der Waals surface area contributed by atoms with Crippen molar-refractivity contribution in [3.63, 3.8) is 0 Å². The van der Waals surface area contributed by atoms with Crippen LogP contribution in [0.4, 0.5) is 0 Å². The molecule has 1 fully saturated rings. The number of hydrogen-bond acceptors (Lipinski definition) is 4. The number of hydrogen-bond donors (Lipinski definition) is 1. The van der Waals surface area contributed by atoms with Crippen molar-refractivity contribution in [1.82, 2.24) is 24.7 Å². The van der Waals surface area contributed by atoms with Gasteiger partial charge >= 0.3 is 5.69 Å². The Morgan fingerprint density at radius 2 is 2.12 bits per heavy atom. The largest absolute Gasteiger partial charge is 0.349 e. The molecule has 1 aliphatic carbocycles. The Morgan fingerprint density at radius 1 is 1.35 bits per heavy atom. The summed E-state index contributed by atoms with van der Waals surface area (Å²) in [5.41, 5.74) is 0.752. The predicted molar refractivity (Wildman–Crippen MR) is 61.2 cm³/mol. The SMILES string of the molecule is Cc1nc(C2CC2)cc(-n2nc(C)[nH]c2=O)n1. The maximum atomic E-state index is 11.6. The van der Waals surface area contributed by atoms with Gasteiger partial charge in [0, 0.05) is 17.7 Å². The van der Waals surface area contributed by atoms with Crippen LogP contribution in [0.3, 0.4) is 0 Å². The summed E-state index contributed by atoms with van der Waals surface area (Å²) in [6.07, 6.45) is 2.34. The minimum atomic E-state index is -0.262. The molecular weight excluding hydrogens is 218 g/mol. The van der Waals surface area contributed by atoms with Crippen LogP contribution < -0.4 is 5.69 Å². The molecule has 1 N–H and O–H groups in total. The lowest BCUT2D eigenvalue weighted by Crippen LogP contribution is -2.18. The highest BCUT2D eigenvalue weighted by molar-refractivity contribution is 5.27. The van der Waals surface area contributed by atoms with E-state index >= 15 is 0 Å². The predicted octanol–water partition coefficient (Wildman–Crippen LogP) is 0.845. The Bertz CT molecular complexity index is 623. The summed E-state index contributed by atoms with van der Waals surface area (Å²) in [6, 6.07) is 1.85. The highest BCUT2D eigenvalue weighted by atomic mass is 16.2. The van der Waals surface area contributed by atoms with Crippen molar-refractivity contribution >= 4 is 0 Å². The van der Waals surface area contributed by atoms with Gasteiger partial charge in [0.1, 0.15) is 11.6 Å². The van der Waals surface area contributed by atoms with Crippen LogP contribution in [0.5, 0.6) is 0 Å². The van der Waals surface area contributed by atoms with E-state index in [4.69, 9.17) is 0 Å². The number of rotatable bonds is 2. The first-order valence-corrected chi connectivity index (χ1v) is 5.65. The summed E-state index contributed by atoms with van der Waals surface area (Å²) >= 11 is 0. The van der Waals surface area contributed by atoms with Gasteiger partial charge in [-0.15, -0.1) is 5.10 Å². The zero-order valence-electron chi connectivity index (χ0n) is 9.77. The van der Waals surface area contributed by atoms with E-state index in [0.717, 1.165) is 5.69 Å². The highest BCUT2D eigenvalue weighted by Crippen LogP contribution is 2.39. The normalized spacial score (nSPS) is 15.2. The van der Waals surface area contributed by atoms with Crippen LogP contribution in [-0.4, -0.2) is 24.7 Å². The van der Waals surface area contributed by atoms with Crippen LogP contribution in [0.2, 0.25) is 0 Å². The van der Waals surface area contributed by atoms with Crippen LogP contribution in [0, 0.1) is 13.8 Å². The van der Waals surface area contributed by atoms with E-state index < -0.39 is 0 Å². The molecule has 0 spiro atoms. The van der Waals surface area contributed by atoms with Crippen LogP contribution in [0.15, 0.2) is 10.9 Å². The lowest BCUT2D eigenvalue weighted by Gasteiger charge is -2.03. The summed E-state index contributed by atoms with van der Waals surface area (Å²) < 4.78 is 1.29. The smallest absolute Gasteiger partial charge is 0.293 e. The van der Waals surface area contributed by atoms with Crippen molar-refractivity contribution < 1.29 is 0 Å². The molecule has 0 atom stereocenters. The van der Waals surface area contributed by atoms with Gasteiger partial charge in [0.05, 0.1) is 0 Å². The third kappa shape index (κ3) is 1.86. The van der Waals surface area contributed by atoms with Gasteiger partial charge < -0.3 is 0 Å². The molecule has 0 radical (unpaired) electrons. The van der Waals surface area contributed by atoms with Crippen LogP contribution in [0.1, 0.15) is 36.1 Å². The van der Waals surface area contributed by atoms with Gasteiger partial charge in [-0.1, -0.05) is 0 Å². The van der Waals surface area contributed by atoms with Crippen molar-refractivity contribution in [2.24, 2.45) is 0 Å². The molecule has 1 saturated carbocycles. The van der Waals surface area contributed by atoms with E-state index in [1.54, 1.807) is 6.92 Å². The monoisotopic (exact) mass is 231 g/mol. The molecule has 0 unspecified atom stereocenters. The maximum absolute atomic E-state index is 11.6. The maximum Gasteiger partial charge on any atom is 0.349 e. The number of nitrogens with zero attached hydrogens (tertiary/aromatic N) is 4. The Morgan fingerprint density at radius 3 is 2.71 bits per heavy atom. The van der Waals surface area contributed by atoms with Crippen LogP contribution in [-0.2, 0) is 0 Å². The zero-order chi connectivity index (χ0) is 12.0. The number of aryl methyl sites for hydroxylation is 2. The summed E-state index contributed by atoms with van der Waals surface area (Å²) in [4.78, 5) is 22.9. The Kier molecular flexibility index (Phi) is 2.10. The molecule has 88 valence electrons. The molecule has 6 nitrogen and oxygen atoms in total. The standard InChI is InChI=1S/C11H13N5O/c1-6-12-9(8-3-4-8)5-10(13-6)16-11(17)14-7(2)15-16/h5,8H,3-4H2,1-2H3,(H,14,15,17). The quantitative estimate of drug-likeness (QED) is 0.831. The van der Waals surface area contributed by atoms with Gasteiger partial charge in [0.15, 0.2) is 5.82 Å². The van der Waals surface area contributed by atoms with Gasteiger partial charge in [-0.05, 0) is 26.7 Å². The minimum absolute atomic E-state index is 0.262.